The molecule has 3 rings (SSSR count). The second-order valence-corrected chi connectivity index (χ2v) is 10.0. The summed E-state index contributed by atoms with van der Waals surface area (Å²) < 4.78 is 26.7. The minimum atomic E-state index is -3.63. The van der Waals surface area contributed by atoms with Gasteiger partial charge in [-0.1, -0.05) is 31.5 Å². The number of carbonyl (C=O) groups is 1. The van der Waals surface area contributed by atoms with Gasteiger partial charge >= 0.3 is 0 Å². The van der Waals surface area contributed by atoms with Crippen molar-refractivity contribution in [3.63, 3.8) is 0 Å². The number of nitrogens with one attached hydrogen (secondary N) is 1. The van der Waals surface area contributed by atoms with Gasteiger partial charge in [-0.15, -0.1) is 0 Å². The summed E-state index contributed by atoms with van der Waals surface area (Å²) in [6, 6.07) is 15.6. The molecule has 0 aliphatic carbocycles. The van der Waals surface area contributed by atoms with E-state index in [-0.39, 0.29) is 10.8 Å². The van der Waals surface area contributed by atoms with Gasteiger partial charge in [0.25, 0.3) is 15.9 Å². The van der Waals surface area contributed by atoms with Crippen LogP contribution in [0.4, 0.5) is 5.69 Å². The van der Waals surface area contributed by atoms with Crippen molar-refractivity contribution < 1.29 is 13.2 Å². The number of piperidine rings is 1. The molecule has 1 aliphatic heterocycles. The summed E-state index contributed by atoms with van der Waals surface area (Å²) in [6.07, 6.45) is 5.99. The molecule has 0 aromatic heterocycles. The summed E-state index contributed by atoms with van der Waals surface area (Å²) in [5, 5.41) is 2.98. The number of nitrogens with zero attached hydrogens (tertiary/aromatic N) is 2. The van der Waals surface area contributed by atoms with E-state index in [4.69, 9.17) is 0 Å². The summed E-state index contributed by atoms with van der Waals surface area (Å²) >= 11 is 0. The quantitative estimate of drug-likeness (QED) is 0.597. The predicted octanol–water partition coefficient (Wildman–Crippen LogP) is 3.90. The fourth-order valence-electron chi connectivity index (χ4n) is 4.11. The second-order valence-electron chi connectivity index (χ2n) is 8.04. The largest absolute Gasteiger partial charge is 0.352 e. The first kappa shape index (κ1) is 23.3. The van der Waals surface area contributed by atoms with Crippen LogP contribution in [0.15, 0.2) is 59.5 Å². The zero-order valence-electron chi connectivity index (χ0n) is 18.5. The van der Waals surface area contributed by atoms with Crippen LogP contribution >= 0.6 is 0 Å². The number of hydrogen-bond donors (Lipinski definition) is 1. The Kier molecular flexibility index (Phi) is 8.09. The molecule has 1 atom stereocenters. The van der Waals surface area contributed by atoms with Crippen molar-refractivity contribution in [1.82, 2.24) is 10.2 Å². The van der Waals surface area contributed by atoms with Crippen molar-refractivity contribution in [2.45, 2.75) is 50.0 Å². The fraction of sp³-hybridized carbons (Fsp3) is 0.458. The van der Waals surface area contributed by atoms with E-state index < -0.39 is 10.0 Å². The van der Waals surface area contributed by atoms with Gasteiger partial charge in [-0.3, -0.25) is 9.10 Å². The van der Waals surface area contributed by atoms with Crippen LogP contribution in [-0.4, -0.2) is 51.9 Å². The summed E-state index contributed by atoms with van der Waals surface area (Å²) in [4.78, 5) is 15.2. The van der Waals surface area contributed by atoms with Crippen molar-refractivity contribution in [1.29, 1.82) is 0 Å². The molecule has 6 nitrogen and oxygen atoms in total. The van der Waals surface area contributed by atoms with Crippen molar-refractivity contribution in [3.05, 3.63) is 60.2 Å². The van der Waals surface area contributed by atoms with Crippen LogP contribution in [0.2, 0.25) is 0 Å². The van der Waals surface area contributed by atoms with Gasteiger partial charge in [-0.2, -0.15) is 0 Å². The van der Waals surface area contributed by atoms with Crippen molar-refractivity contribution >= 4 is 21.6 Å². The highest BCUT2D eigenvalue weighted by Crippen LogP contribution is 2.22. The van der Waals surface area contributed by atoms with Gasteiger partial charge < -0.3 is 10.2 Å². The maximum absolute atomic E-state index is 12.7. The predicted molar refractivity (Wildman–Crippen MR) is 125 cm³/mol. The zero-order valence-corrected chi connectivity index (χ0v) is 19.3. The summed E-state index contributed by atoms with van der Waals surface area (Å²) in [7, 11) is -2.12. The Labute approximate surface area is 186 Å². The molecule has 0 spiro atoms. The molecule has 0 bridgehead atoms. The molecule has 1 saturated heterocycles. The van der Waals surface area contributed by atoms with Crippen LogP contribution in [0.25, 0.3) is 0 Å². The van der Waals surface area contributed by atoms with E-state index in [0.29, 0.717) is 23.8 Å². The third-order valence-corrected chi connectivity index (χ3v) is 7.82. The molecule has 2 aromatic rings. The number of sulfonamides is 1. The SMILES string of the molecule is CCC1CCCCN1CCCNC(=O)c1ccc(N(C)S(=O)(=O)c2ccccc2)cc1. The maximum atomic E-state index is 12.7. The Bertz CT molecular complexity index is 946. The van der Waals surface area contributed by atoms with Gasteiger partial charge in [0.2, 0.25) is 0 Å². The monoisotopic (exact) mass is 443 g/mol. The number of benzene rings is 2. The number of hydrogen-bond acceptors (Lipinski definition) is 4. The molecule has 2 aromatic carbocycles. The Hall–Kier alpha value is -2.38. The van der Waals surface area contributed by atoms with E-state index in [1.54, 1.807) is 54.6 Å². The molecule has 0 saturated carbocycles. The molecule has 168 valence electrons. The standard InChI is InChI=1S/C24H33N3O3S/c1-3-21-10-7-8-18-27(21)19-9-17-25-24(28)20-13-15-22(16-14-20)26(2)31(29,30)23-11-5-4-6-12-23/h4-6,11-16,21H,3,7-10,17-19H2,1-2H3,(H,25,28). The Morgan fingerprint density at radius 2 is 1.81 bits per heavy atom. The molecule has 1 fully saturated rings. The normalized spacial score (nSPS) is 17.3. The summed E-state index contributed by atoms with van der Waals surface area (Å²) in [6.45, 7) is 5.06. The topological polar surface area (TPSA) is 69.7 Å². The first-order valence-corrected chi connectivity index (χ1v) is 12.5. The van der Waals surface area contributed by atoms with Crippen LogP contribution in [0.5, 0.6) is 0 Å². The van der Waals surface area contributed by atoms with Crippen LogP contribution in [0, 0.1) is 0 Å². The van der Waals surface area contributed by atoms with Gasteiger partial charge in [0.05, 0.1) is 10.6 Å². The molecule has 1 amide bonds. The lowest BCUT2D eigenvalue weighted by atomic mass is 10.00. The average molecular weight is 444 g/mol. The number of carbonyl (C=O) groups excluding carboxylic acids is 1. The average Bonchev–Trinajstić information content (AvgIpc) is 2.82. The van der Waals surface area contributed by atoms with E-state index in [2.05, 4.69) is 17.1 Å². The lowest BCUT2D eigenvalue weighted by Gasteiger charge is -2.35. The van der Waals surface area contributed by atoms with Gasteiger partial charge in [0.15, 0.2) is 0 Å². The van der Waals surface area contributed by atoms with Crippen LogP contribution in [0.3, 0.4) is 0 Å². The van der Waals surface area contributed by atoms with E-state index in [1.807, 2.05) is 0 Å². The molecular weight excluding hydrogens is 410 g/mol. The molecule has 1 N–H and O–H groups in total. The smallest absolute Gasteiger partial charge is 0.264 e. The summed E-state index contributed by atoms with van der Waals surface area (Å²) in [5.41, 5.74) is 1.04. The highest BCUT2D eigenvalue weighted by Gasteiger charge is 2.21. The molecule has 31 heavy (non-hydrogen) atoms. The number of anilines is 1. The van der Waals surface area contributed by atoms with Crippen molar-refractivity contribution in [2.24, 2.45) is 0 Å². The van der Waals surface area contributed by atoms with Crippen LogP contribution in [0.1, 0.15) is 49.4 Å². The van der Waals surface area contributed by atoms with Gasteiger partial charge in [-0.05, 0) is 68.6 Å². The Morgan fingerprint density at radius 1 is 1.10 bits per heavy atom. The first-order chi connectivity index (χ1) is 14.9. The van der Waals surface area contributed by atoms with Crippen molar-refractivity contribution in [3.8, 4) is 0 Å². The van der Waals surface area contributed by atoms with Gasteiger partial charge in [0, 0.05) is 31.7 Å². The van der Waals surface area contributed by atoms with Crippen LogP contribution < -0.4 is 9.62 Å². The molecule has 1 heterocycles. The van der Waals surface area contributed by atoms with Crippen LogP contribution in [-0.2, 0) is 10.0 Å². The molecule has 7 heteroatoms. The minimum absolute atomic E-state index is 0.134. The van der Waals surface area contributed by atoms with Gasteiger partial charge in [-0.25, -0.2) is 8.42 Å². The number of likely N-dealkylation sites (tertiary alicyclic amines) is 1. The number of rotatable bonds is 9. The molecule has 1 aliphatic rings. The highest BCUT2D eigenvalue weighted by atomic mass is 32.2. The lowest BCUT2D eigenvalue weighted by Crippen LogP contribution is -2.40. The molecular formula is C24H33N3O3S. The third-order valence-electron chi connectivity index (χ3n) is 6.02. The van der Waals surface area contributed by atoms with E-state index in [9.17, 15) is 13.2 Å². The zero-order chi connectivity index (χ0) is 22.3. The number of amides is 1. The Balaban J connectivity index is 1.52. The highest BCUT2D eigenvalue weighted by molar-refractivity contribution is 7.92. The second kappa shape index (κ2) is 10.8. The first-order valence-electron chi connectivity index (χ1n) is 11.1. The van der Waals surface area contributed by atoms with Crippen molar-refractivity contribution in [2.75, 3.05) is 31.0 Å². The van der Waals surface area contributed by atoms with E-state index >= 15 is 0 Å². The van der Waals surface area contributed by atoms with E-state index in [1.165, 1.54) is 37.0 Å². The van der Waals surface area contributed by atoms with Gasteiger partial charge in [0.1, 0.15) is 0 Å². The van der Waals surface area contributed by atoms with E-state index in [0.717, 1.165) is 19.5 Å². The minimum Gasteiger partial charge on any atom is -0.352 e. The Morgan fingerprint density at radius 3 is 2.48 bits per heavy atom. The third kappa shape index (κ3) is 5.86. The summed E-state index contributed by atoms with van der Waals surface area (Å²) in [5.74, 6) is -0.134. The molecule has 1 unspecified atom stereocenters. The lowest BCUT2D eigenvalue weighted by molar-refractivity contribution is 0.0947. The fourth-order valence-corrected chi connectivity index (χ4v) is 5.33. The maximum Gasteiger partial charge on any atom is 0.264 e. The molecule has 0 radical (unpaired) electrons.